The Morgan fingerprint density at radius 1 is 1.16 bits per heavy atom. The van der Waals surface area contributed by atoms with E-state index in [1.807, 2.05) is 30.3 Å². The first-order valence-electron chi connectivity index (χ1n) is 5.86. The minimum absolute atomic E-state index is 0.0251. The SMILES string of the molecule is CN1C(=O)/C(=C\c2cccc3ccccc23)SC1=S. The van der Waals surface area contributed by atoms with E-state index < -0.39 is 0 Å². The molecule has 0 aromatic heterocycles. The number of likely N-dealkylation sites (N-methyl/N-ethyl adjacent to an activating group) is 1. The van der Waals surface area contributed by atoms with Crippen LogP contribution in [0.2, 0.25) is 0 Å². The van der Waals surface area contributed by atoms with Crippen molar-refractivity contribution in [3.63, 3.8) is 0 Å². The monoisotopic (exact) mass is 285 g/mol. The number of thioether (sulfide) groups is 1. The fourth-order valence-corrected chi connectivity index (χ4v) is 3.23. The molecule has 94 valence electrons. The van der Waals surface area contributed by atoms with E-state index in [9.17, 15) is 4.79 Å². The number of thiocarbonyl (C=S) groups is 1. The zero-order chi connectivity index (χ0) is 13.4. The third-order valence-electron chi connectivity index (χ3n) is 3.10. The van der Waals surface area contributed by atoms with Gasteiger partial charge in [-0.15, -0.1) is 0 Å². The predicted octanol–water partition coefficient (Wildman–Crippen LogP) is 3.67. The Hall–Kier alpha value is -1.65. The number of benzene rings is 2. The van der Waals surface area contributed by atoms with Crippen LogP contribution in [0.5, 0.6) is 0 Å². The molecule has 0 saturated carbocycles. The van der Waals surface area contributed by atoms with Gasteiger partial charge < -0.3 is 0 Å². The second-order valence-corrected chi connectivity index (χ2v) is 5.98. The standard InChI is InChI=1S/C15H11NOS2/c1-16-14(17)13(19-15(16)18)9-11-7-4-6-10-5-2-3-8-12(10)11/h2-9H,1H3/b13-9+. The Kier molecular flexibility index (Phi) is 3.12. The first-order chi connectivity index (χ1) is 9.16. The van der Waals surface area contributed by atoms with Crippen LogP contribution in [0.4, 0.5) is 0 Å². The molecular weight excluding hydrogens is 274 g/mol. The highest BCUT2D eigenvalue weighted by Crippen LogP contribution is 2.32. The van der Waals surface area contributed by atoms with Gasteiger partial charge >= 0.3 is 0 Å². The number of carbonyl (C=O) groups is 1. The average molecular weight is 285 g/mol. The first kappa shape index (κ1) is 12.4. The number of nitrogens with zero attached hydrogens (tertiary/aromatic N) is 1. The number of fused-ring (bicyclic) bond motifs is 1. The maximum absolute atomic E-state index is 12.0. The van der Waals surface area contributed by atoms with E-state index >= 15 is 0 Å². The molecule has 1 heterocycles. The summed E-state index contributed by atoms with van der Waals surface area (Å²) in [6.45, 7) is 0. The predicted molar refractivity (Wildman–Crippen MR) is 84.9 cm³/mol. The van der Waals surface area contributed by atoms with Crippen molar-refractivity contribution in [3.8, 4) is 0 Å². The number of hydrogen-bond acceptors (Lipinski definition) is 3. The van der Waals surface area contributed by atoms with Gasteiger partial charge in [0.1, 0.15) is 4.32 Å². The second kappa shape index (κ2) is 4.79. The molecule has 1 aliphatic heterocycles. The molecule has 0 radical (unpaired) electrons. The van der Waals surface area contributed by atoms with Gasteiger partial charge in [-0.1, -0.05) is 66.4 Å². The Labute approximate surface area is 121 Å². The van der Waals surface area contributed by atoms with Crippen LogP contribution in [0, 0.1) is 0 Å². The van der Waals surface area contributed by atoms with Crippen molar-refractivity contribution in [2.45, 2.75) is 0 Å². The molecule has 0 unspecified atom stereocenters. The van der Waals surface area contributed by atoms with Crippen molar-refractivity contribution >= 4 is 51.1 Å². The van der Waals surface area contributed by atoms with Gasteiger partial charge in [-0.3, -0.25) is 9.69 Å². The molecule has 1 aliphatic rings. The zero-order valence-corrected chi connectivity index (χ0v) is 11.9. The zero-order valence-electron chi connectivity index (χ0n) is 10.3. The Balaban J connectivity index is 2.12. The van der Waals surface area contributed by atoms with Gasteiger partial charge in [0.25, 0.3) is 5.91 Å². The van der Waals surface area contributed by atoms with E-state index in [2.05, 4.69) is 18.2 Å². The van der Waals surface area contributed by atoms with Gasteiger partial charge in [-0.25, -0.2) is 0 Å². The van der Waals surface area contributed by atoms with Gasteiger partial charge in [-0.05, 0) is 22.4 Å². The molecule has 0 N–H and O–H groups in total. The Morgan fingerprint density at radius 2 is 1.89 bits per heavy atom. The van der Waals surface area contributed by atoms with Crippen LogP contribution in [0.3, 0.4) is 0 Å². The average Bonchev–Trinajstić information content (AvgIpc) is 2.67. The maximum atomic E-state index is 12.0. The van der Waals surface area contributed by atoms with Crippen LogP contribution in [-0.2, 0) is 4.79 Å². The van der Waals surface area contributed by atoms with Gasteiger partial charge in [-0.2, -0.15) is 0 Å². The molecule has 3 rings (SSSR count). The summed E-state index contributed by atoms with van der Waals surface area (Å²) in [5.74, 6) is -0.0251. The highest BCUT2D eigenvalue weighted by Gasteiger charge is 2.28. The van der Waals surface area contributed by atoms with E-state index in [0.29, 0.717) is 9.23 Å². The molecule has 0 atom stereocenters. The highest BCUT2D eigenvalue weighted by atomic mass is 32.2. The van der Waals surface area contributed by atoms with Crippen molar-refractivity contribution in [2.24, 2.45) is 0 Å². The molecule has 19 heavy (non-hydrogen) atoms. The minimum Gasteiger partial charge on any atom is -0.296 e. The molecule has 0 spiro atoms. The normalized spacial score (nSPS) is 17.7. The number of rotatable bonds is 1. The van der Waals surface area contributed by atoms with Crippen molar-refractivity contribution in [1.82, 2.24) is 4.90 Å². The fourth-order valence-electron chi connectivity index (χ4n) is 2.06. The third kappa shape index (κ3) is 2.17. The van der Waals surface area contributed by atoms with E-state index in [1.165, 1.54) is 22.0 Å². The second-order valence-electron chi connectivity index (χ2n) is 4.31. The molecule has 2 aromatic rings. The topological polar surface area (TPSA) is 20.3 Å². The number of amides is 1. The summed E-state index contributed by atoms with van der Waals surface area (Å²) in [7, 11) is 1.71. The lowest BCUT2D eigenvalue weighted by atomic mass is 10.0. The lowest BCUT2D eigenvalue weighted by molar-refractivity contribution is -0.121. The van der Waals surface area contributed by atoms with E-state index in [4.69, 9.17) is 12.2 Å². The number of carbonyl (C=O) groups excluding carboxylic acids is 1. The number of hydrogen-bond donors (Lipinski definition) is 0. The van der Waals surface area contributed by atoms with Crippen molar-refractivity contribution in [1.29, 1.82) is 0 Å². The summed E-state index contributed by atoms with van der Waals surface area (Å²) in [5.41, 5.74) is 1.05. The van der Waals surface area contributed by atoms with E-state index in [0.717, 1.165) is 10.9 Å². The highest BCUT2D eigenvalue weighted by molar-refractivity contribution is 8.26. The summed E-state index contributed by atoms with van der Waals surface area (Å²) in [6, 6.07) is 14.2. The molecule has 2 nitrogen and oxygen atoms in total. The Morgan fingerprint density at radius 3 is 2.63 bits per heavy atom. The largest absolute Gasteiger partial charge is 0.296 e. The Bertz CT molecular complexity index is 716. The maximum Gasteiger partial charge on any atom is 0.265 e. The summed E-state index contributed by atoms with van der Waals surface area (Å²) >= 11 is 6.49. The third-order valence-corrected chi connectivity index (χ3v) is 4.58. The van der Waals surface area contributed by atoms with E-state index in [-0.39, 0.29) is 5.91 Å². The molecule has 0 aliphatic carbocycles. The van der Waals surface area contributed by atoms with Gasteiger partial charge in [0.05, 0.1) is 4.91 Å². The summed E-state index contributed by atoms with van der Waals surface area (Å²) < 4.78 is 0.608. The van der Waals surface area contributed by atoms with Crippen LogP contribution in [0.1, 0.15) is 5.56 Å². The van der Waals surface area contributed by atoms with Crippen LogP contribution in [0.25, 0.3) is 16.8 Å². The van der Waals surface area contributed by atoms with Gasteiger partial charge in [0, 0.05) is 7.05 Å². The summed E-state index contributed by atoms with van der Waals surface area (Å²) in [5, 5.41) is 2.31. The quantitative estimate of drug-likeness (QED) is 0.589. The van der Waals surface area contributed by atoms with Crippen LogP contribution in [0.15, 0.2) is 47.4 Å². The van der Waals surface area contributed by atoms with Gasteiger partial charge in [0.15, 0.2) is 0 Å². The minimum atomic E-state index is -0.0251. The van der Waals surface area contributed by atoms with Gasteiger partial charge in [0.2, 0.25) is 0 Å². The summed E-state index contributed by atoms with van der Waals surface area (Å²) in [6.07, 6.45) is 1.92. The van der Waals surface area contributed by atoms with Crippen LogP contribution < -0.4 is 0 Å². The summed E-state index contributed by atoms with van der Waals surface area (Å²) in [4.78, 5) is 14.2. The lowest BCUT2D eigenvalue weighted by Gasteiger charge is -2.04. The molecule has 1 saturated heterocycles. The van der Waals surface area contributed by atoms with Crippen LogP contribution in [-0.4, -0.2) is 22.2 Å². The van der Waals surface area contributed by atoms with Crippen LogP contribution >= 0.6 is 24.0 Å². The van der Waals surface area contributed by atoms with E-state index in [1.54, 1.807) is 7.05 Å². The molecular formula is C15H11NOS2. The smallest absolute Gasteiger partial charge is 0.265 e. The molecule has 1 amide bonds. The lowest BCUT2D eigenvalue weighted by Crippen LogP contribution is -2.22. The fraction of sp³-hybridized carbons (Fsp3) is 0.0667. The van der Waals surface area contributed by atoms with Crippen molar-refractivity contribution in [3.05, 3.63) is 52.9 Å². The van der Waals surface area contributed by atoms with Crippen molar-refractivity contribution in [2.75, 3.05) is 7.05 Å². The molecule has 4 heteroatoms. The first-order valence-corrected chi connectivity index (χ1v) is 7.08. The molecule has 1 fully saturated rings. The van der Waals surface area contributed by atoms with Crippen molar-refractivity contribution < 1.29 is 4.79 Å². The molecule has 0 bridgehead atoms. The molecule has 2 aromatic carbocycles.